The number of pyridine rings is 1. The number of morpholine rings is 1. The van der Waals surface area contributed by atoms with Crippen molar-refractivity contribution >= 4 is 18.0 Å². The average molecular weight is 284 g/mol. The van der Waals surface area contributed by atoms with Crippen LogP contribution in [0.4, 0.5) is 5.82 Å². The van der Waals surface area contributed by atoms with Crippen LogP contribution in [0.5, 0.6) is 0 Å². The van der Waals surface area contributed by atoms with Gasteiger partial charge in [-0.2, -0.15) is 5.10 Å². The molecule has 3 heterocycles. The molecule has 0 unspecified atom stereocenters. The second-order valence-electron chi connectivity index (χ2n) is 4.98. The first kappa shape index (κ1) is 13.8. The van der Waals surface area contributed by atoms with Crippen molar-refractivity contribution in [3.05, 3.63) is 28.9 Å². The van der Waals surface area contributed by atoms with E-state index >= 15 is 0 Å². The Morgan fingerprint density at radius 1 is 1.24 bits per heavy atom. The van der Waals surface area contributed by atoms with Crippen LogP contribution in [0.2, 0.25) is 0 Å². The Hall–Kier alpha value is -2.14. The summed E-state index contributed by atoms with van der Waals surface area (Å²) in [5.41, 5.74) is 2.06. The summed E-state index contributed by atoms with van der Waals surface area (Å²) in [5.74, 6) is 0.989. The van der Waals surface area contributed by atoms with Crippen LogP contribution < -0.4 is 15.5 Å². The van der Waals surface area contributed by atoms with Gasteiger partial charge in [0.15, 0.2) is 0 Å². The van der Waals surface area contributed by atoms with Crippen molar-refractivity contribution in [3.8, 4) is 11.3 Å². The molecule has 3 rings (SSSR count). The molecule has 0 spiro atoms. The molecule has 0 atom stereocenters. The second-order valence-corrected chi connectivity index (χ2v) is 4.98. The van der Waals surface area contributed by atoms with Gasteiger partial charge in [0.2, 0.25) is 0 Å². The van der Waals surface area contributed by atoms with E-state index < -0.39 is 0 Å². The molecule has 5 heteroatoms. The van der Waals surface area contributed by atoms with Crippen LogP contribution in [-0.4, -0.2) is 41.5 Å². The average Bonchev–Trinajstić information content (AvgIpc) is 2.99. The Balaban J connectivity index is 2.02. The molecule has 0 radical (unpaired) electrons. The lowest BCUT2D eigenvalue weighted by molar-refractivity contribution is 0.122. The van der Waals surface area contributed by atoms with Gasteiger partial charge in [0, 0.05) is 30.1 Å². The number of nitrogens with zero attached hydrogens (tertiary/aromatic N) is 3. The van der Waals surface area contributed by atoms with E-state index in [0.29, 0.717) is 0 Å². The molecule has 110 valence electrons. The van der Waals surface area contributed by atoms with Gasteiger partial charge in [-0.25, -0.2) is 4.98 Å². The normalized spacial score (nSPS) is 17.5. The third kappa shape index (κ3) is 2.69. The number of anilines is 1. The fourth-order valence-electron chi connectivity index (χ4n) is 2.63. The highest BCUT2D eigenvalue weighted by atomic mass is 16.5. The third-order valence-electron chi connectivity index (χ3n) is 3.76. The van der Waals surface area contributed by atoms with Crippen molar-refractivity contribution in [2.45, 2.75) is 13.8 Å². The lowest BCUT2D eigenvalue weighted by Crippen LogP contribution is -2.36. The van der Waals surface area contributed by atoms with Crippen molar-refractivity contribution in [1.82, 2.24) is 15.2 Å². The van der Waals surface area contributed by atoms with Gasteiger partial charge in [-0.1, -0.05) is 12.2 Å². The van der Waals surface area contributed by atoms with Gasteiger partial charge in [-0.15, -0.1) is 0 Å². The van der Waals surface area contributed by atoms with E-state index in [4.69, 9.17) is 4.74 Å². The fourth-order valence-corrected chi connectivity index (χ4v) is 2.63. The van der Waals surface area contributed by atoms with Gasteiger partial charge in [0.1, 0.15) is 5.82 Å². The molecule has 1 aliphatic heterocycles. The van der Waals surface area contributed by atoms with Crippen molar-refractivity contribution < 1.29 is 4.74 Å². The highest BCUT2D eigenvalue weighted by Gasteiger charge is 2.14. The van der Waals surface area contributed by atoms with Crippen molar-refractivity contribution in [2.75, 3.05) is 31.2 Å². The molecule has 21 heavy (non-hydrogen) atoms. The van der Waals surface area contributed by atoms with Gasteiger partial charge >= 0.3 is 0 Å². The zero-order valence-corrected chi connectivity index (χ0v) is 12.5. The van der Waals surface area contributed by atoms with E-state index in [1.165, 1.54) is 0 Å². The molecule has 1 aliphatic rings. The minimum Gasteiger partial charge on any atom is -0.378 e. The standard InChI is InChI=1S/C16H20N4O/c1-3-13-14(4-2)18-19-16(13)12-5-6-17-15(11-12)20-7-9-21-10-8-20/h3-6,11,18H,7-10H2,1-2H3. The monoisotopic (exact) mass is 284 g/mol. The summed E-state index contributed by atoms with van der Waals surface area (Å²) in [6, 6.07) is 4.11. The predicted octanol–water partition coefficient (Wildman–Crippen LogP) is 0.909. The molecule has 1 fully saturated rings. The second kappa shape index (κ2) is 6.10. The molecule has 0 saturated carbocycles. The molecule has 1 saturated heterocycles. The number of aromatic amines is 1. The van der Waals surface area contributed by atoms with E-state index in [-0.39, 0.29) is 0 Å². The molecule has 2 aromatic heterocycles. The van der Waals surface area contributed by atoms with Crippen LogP contribution in [0, 0.1) is 0 Å². The van der Waals surface area contributed by atoms with Crippen LogP contribution in [0.25, 0.3) is 23.4 Å². The maximum atomic E-state index is 5.39. The maximum absolute atomic E-state index is 5.39. The van der Waals surface area contributed by atoms with Crippen LogP contribution in [0.3, 0.4) is 0 Å². The van der Waals surface area contributed by atoms with Crippen molar-refractivity contribution in [1.29, 1.82) is 0 Å². The van der Waals surface area contributed by atoms with Crippen LogP contribution >= 0.6 is 0 Å². The Morgan fingerprint density at radius 2 is 2.05 bits per heavy atom. The van der Waals surface area contributed by atoms with Gasteiger partial charge in [-0.3, -0.25) is 5.10 Å². The van der Waals surface area contributed by atoms with E-state index in [2.05, 4.69) is 32.2 Å². The quantitative estimate of drug-likeness (QED) is 0.890. The number of ether oxygens (including phenoxy) is 1. The van der Waals surface area contributed by atoms with E-state index in [1.807, 2.05) is 32.2 Å². The Bertz CT molecular complexity index is 729. The van der Waals surface area contributed by atoms with Gasteiger partial charge < -0.3 is 9.64 Å². The number of rotatable bonds is 2. The highest BCUT2D eigenvalue weighted by Crippen LogP contribution is 2.19. The minimum absolute atomic E-state index is 0.761. The Labute approximate surface area is 124 Å². The van der Waals surface area contributed by atoms with Crippen LogP contribution in [0.15, 0.2) is 18.3 Å². The summed E-state index contributed by atoms with van der Waals surface area (Å²) >= 11 is 0. The fraction of sp³-hybridized carbons (Fsp3) is 0.375. The predicted molar refractivity (Wildman–Crippen MR) is 84.4 cm³/mol. The van der Waals surface area contributed by atoms with Gasteiger partial charge in [-0.05, 0) is 26.0 Å². The van der Waals surface area contributed by atoms with Crippen LogP contribution in [0.1, 0.15) is 13.8 Å². The molecule has 1 N–H and O–H groups in total. The number of aromatic nitrogens is 3. The maximum Gasteiger partial charge on any atom is 0.129 e. The molecular weight excluding hydrogens is 264 g/mol. The topological polar surface area (TPSA) is 54.0 Å². The molecule has 0 bridgehead atoms. The minimum atomic E-state index is 0.761. The summed E-state index contributed by atoms with van der Waals surface area (Å²) in [5, 5.41) is 9.73. The summed E-state index contributed by atoms with van der Waals surface area (Å²) < 4.78 is 5.39. The number of H-pyrrole nitrogens is 1. The largest absolute Gasteiger partial charge is 0.378 e. The number of nitrogens with one attached hydrogen (secondary N) is 1. The summed E-state index contributed by atoms with van der Waals surface area (Å²) in [6.45, 7) is 7.34. The van der Waals surface area contributed by atoms with E-state index in [1.54, 1.807) is 0 Å². The smallest absolute Gasteiger partial charge is 0.129 e. The first-order valence-corrected chi connectivity index (χ1v) is 7.29. The third-order valence-corrected chi connectivity index (χ3v) is 3.76. The summed E-state index contributed by atoms with van der Waals surface area (Å²) in [4.78, 5) is 6.74. The van der Waals surface area contributed by atoms with Crippen molar-refractivity contribution in [2.24, 2.45) is 0 Å². The Kier molecular flexibility index (Phi) is 4.01. The Morgan fingerprint density at radius 3 is 2.76 bits per heavy atom. The number of hydrogen-bond acceptors (Lipinski definition) is 4. The van der Waals surface area contributed by atoms with Gasteiger partial charge in [0.05, 0.1) is 24.3 Å². The highest BCUT2D eigenvalue weighted by molar-refractivity contribution is 5.64. The molecule has 0 aliphatic carbocycles. The SMILES string of the molecule is CC=c1[nH]nc(-c2ccnc(N3CCOCC3)c2)c1=CC. The lowest BCUT2D eigenvalue weighted by Gasteiger charge is -2.27. The lowest BCUT2D eigenvalue weighted by atomic mass is 10.1. The van der Waals surface area contributed by atoms with Crippen LogP contribution in [-0.2, 0) is 4.74 Å². The zero-order chi connectivity index (χ0) is 14.7. The first-order valence-electron chi connectivity index (χ1n) is 7.29. The first-order chi connectivity index (χ1) is 10.3. The molecule has 0 aromatic carbocycles. The molecule has 2 aromatic rings. The van der Waals surface area contributed by atoms with E-state index in [9.17, 15) is 0 Å². The summed E-state index contributed by atoms with van der Waals surface area (Å²) in [7, 11) is 0. The zero-order valence-electron chi connectivity index (χ0n) is 12.5. The van der Waals surface area contributed by atoms with E-state index in [0.717, 1.165) is 53.9 Å². The van der Waals surface area contributed by atoms with Crippen molar-refractivity contribution in [3.63, 3.8) is 0 Å². The molecule has 5 nitrogen and oxygen atoms in total. The van der Waals surface area contributed by atoms with Gasteiger partial charge in [0.25, 0.3) is 0 Å². The summed E-state index contributed by atoms with van der Waals surface area (Å²) in [6.07, 6.45) is 5.97. The molecular formula is C16H20N4O. The molecule has 0 amide bonds. The number of hydrogen-bond donors (Lipinski definition) is 1.